The summed E-state index contributed by atoms with van der Waals surface area (Å²) in [5.41, 5.74) is 4.76. The average Bonchev–Trinajstić information content (AvgIpc) is 2.86. The number of benzene rings is 2. The van der Waals surface area contributed by atoms with E-state index < -0.39 is 10.2 Å². The number of rotatable bonds is 9. The Morgan fingerprint density at radius 1 is 0.917 bits per heavy atom. The van der Waals surface area contributed by atoms with Crippen LogP contribution in [0.5, 0.6) is 0 Å². The van der Waals surface area contributed by atoms with E-state index >= 15 is 0 Å². The van der Waals surface area contributed by atoms with E-state index in [4.69, 9.17) is 0 Å². The molecule has 0 unspecified atom stereocenters. The Hall–Kier alpha value is -3.25. The molecule has 36 heavy (non-hydrogen) atoms. The zero-order valence-electron chi connectivity index (χ0n) is 21.2. The van der Waals surface area contributed by atoms with Crippen LogP contribution in [0.1, 0.15) is 11.1 Å². The maximum Gasteiger partial charge on any atom is 0.279 e. The fraction of sp³-hybridized carbons (Fsp3) is 0.360. The molecule has 3 N–H and O–H groups in total. The van der Waals surface area contributed by atoms with Crippen LogP contribution in [0.15, 0.2) is 54.7 Å². The van der Waals surface area contributed by atoms with Gasteiger partial charge in [0.05, 0.1) is 0 Å². The molecule has 1 fully saturated rings. The molecule has 1 aliphatic rings. The lowest BCUT2D eigenvalue weighted by Crippen LogP contribution is -2.44. The Kier molecular flexibility index (Phi) is 8.04. The van der Waals surface area contributed by atoms with E-state index in [0.29, 0.717) is 11.8 Å². The van der Waals surface area contributed by atoms with Crippen molar-refractivity contribution in [2.45, 2.75) is 13.5 Å². The van der Waals surface area contributed by atoms with Gasteiger partial charge in [0.1, 0.15) is 5.82 Å². The summed E-state index contributed by atoms with van der Waals surface area (Å²) in [5, 5.41) is 6.61. The molecule has 0 amide bonds. The molecular weight excluding hydrogens is 476 g/mol. The Balaban J connectivity index is 1.37. The van der Waals surface area contributed by atoms with Crippen LogP contribution in [-0.2, 0) is 16.8 Å². The van der Waals surface area contributed by atoms with Crippen molar-refractivity contribution >= 4 is 39.0 Å². The van der Waals surface area contributed by atoms with E-state index in [1.807, 2.05) is 43.3 Å². The Morgan fingerprint density at radius 2 is 1.53 bits per heavy atom. The first-order valence-electron chi connectivity index (χ1n) is 11.9. The molecule has 0 saturated carbocycles. The smallest absolute Gasteiger partial charge is 0.279 e. The van der Waals surface area contributed by atoms with Crippen LogP contribution in [0.3, 0.4) is 0 Å². The molecule has 2 aromatic carbocycles. The molecular formula is C25H34N8O2S. The van der Waals surface area contributed by atoms with Gasteiger partial charge in [0.15, 0.2) is 0 Å². The summed E-state index contributed by atoms with van der Waals surface area (Å²) in [5.74, 6) is 1.20. The normalized spacial score (nSPS) is 14.8. The van der Waals surface area contributed by atoms with Crippen LogP contribution in [0.25, 0.3) is 0 Å². The standard InChI is InChI=1S/C25H34N8O2S/c1-19-17-26-25(29-22-9-11-23(12-10-22)33-15-13-32(4)14-16-33)30-24(19)28-21-7-5-20(6-8-21)18-27-36(34,35)31(2)3/h5-12,17,27H,13-16,18H2,1-4H3,(H2,26,28,29,30). The Morgan fingerprint density at radius 3 is 2.17 bits per heavy atom. The summed E-state index contributed by atoms with van der Waals surface area (Å²) in [4.78, 5) is 13.8. The first-order valence-corrected chi connectivity index (χ1v) is 13.3. The molecule has 0 atom stereocenters. The molecule has 10 nitrogen and oxygen atoms in total. The molecule has 2 heterocycles. The average molecular weight is 511 g/mol. The molecule has 192 valence electrons. The molecule has 0 bridgehead atoms. The third-order valence-electron chi connectivity index (χ3n) is 6.12. The number of aromatic nitrogens is 2. The molecule has 3 aromatic rings. The first-order chi connectivity index (χ1) is 17.2. The summed E-state index contributed by atoms with van der Waals surface area (Å²) in [6.07, 6.45) is 1.78. The highest BCUT2D eigenvalue weighted by Gasteiger charge is 2.14. The van der Waals surface area contributed by atoms with Crippen LogP contribution < -0.4 is 20.3 Å². The summed E-state index contributed by atoms with van der Waals surface area (Å²) in [6, 6.07) is 15.9. The summed E-state index contributed by atoms with van der Waals surface area (Å²) in [6.45, 7) is 6.38. The predicted molar refractivity (Wildman–Crippen MR) is 145 cm³/mol. The van der Waals surface area contributed by atoms with Gasteiger partial charge in [-0.05, 0) is 55.9 Å². The number of hydrogen-bond acceptors (Lipinski definition) is 8. The lowest BCUT2D eigenvalue weighted by Gasteiger charge is -2.34. The van der Waals surface area contributed by atoms with Crippen LogP contribution >= 0.6 is 0 Å². The number of nitrogens with one attached hydrogen (secondary N) is 3. The predicted octanol–water partition coefficient (Wildman–Crippen LogP) is 2.92. The second kappa shape index (κ2) is 11.2. The summed E-state index contributed by atoms with van der Waals surface area (Å²) >= 11 is 0. The molecule has 0 aliphatic carbocycles. The first kappa shape index (κ1) is 25.8. The zero-order chi connectivity index (χ0) is 25.7. The fourth-order valence-electron chi connectivity index (χ4n) is 3.72. The minimum absolute atomic E-state index is 0.217. The zero-order valence-corrected chi connectivity index (χ0v) is 22.0. The van der Waals surface area contributed by atoms with Crippen LogP contribution in [0.4, 0.5) is 28.8 Å². The molecule has 1 aromatic heterocycles. The maximum absolute atomic E-state index is 11.9. The van der Waals surface area contributed by atoms with Gasteiger partial charge in [-0.2, -0.15) is 22.4 Å². The van der Waals surface area contributed by atoms with Gasteiger partial charge in [-0.3, -0.25) is 0 Å². The number of likely N-dealkylation sites (N-methyl/N-ethyl adjacent to an activating group) is 1. The van der Waals surface area contributed by atoms with Gasteiger partial charge in [0.25, 0.3) is 10.2 Å². The van der Waals surface area contributed by atoms with Crippen molar-refractivity contribution in [3.8, 4) is 0 Å². The molecule has 1 aliphatic heterocycles. The largest absolute Gasteiger partial charge is 0.369 e. The minimum Gasteiger partial charge on any atom is -0.369 e. The molecule has 11 heteroatoms. The third kappa shape index (κ3) is 6.70. The highest BCUT2D eigenvalue weighted by atomic mass is 32.2. The van der Waals surface area contributed by atoms with Crippen molar-refractivity contribution < 1.29 is 8.42 Å². The van der Waals surface area contributed by atoms with E-state index in [9.17, 15) is 8.42 Å². The SMILES string of the molecule is Cc1cnc(Nc2ccc(N3CCN(C)CC3)cc2)nc1Nc1ccc(CNS(=O)(=O)N(C)C)cc1. The van der Waals surface area contributed by atoms with E-state index in [0.717, 1.165) is 53.0 Å². The summed E-state index contributed by atoms with van der Waals surface area (Å²) < 4.78 is 27.5. The summed E-state index contributed by atoms with van der Waals surface area (Å²) in [7, 11) is 1.68. The number of anilines is 5. The van der Waals surface area contributed by atoms with E-state index in [1.165, 1.54) is 19.8 Å². The van der Waals surface area contributed by atoms with Gasteiger partial charge < -0.3 is 20.4 Å². The van der Waals surface area contributed by atoms with Gasteiger partial charge in [0, 0.05) is 75.6 Å². The van der Waals surface area contributed by atoms with E-state index in [-0.39, 0.29) is 6.54 Å². The van der Waals surface area contributed by atoms with Crippen LogP contribution in [-0.4, -0.2) is 74.9 Å². The second-order valence-corrected chi connectivity index (χ2v) is 11.1. The van der Waals surface area contributed by atoms with Crippen molar-refractivity contribution in [2.75, 3.05) is 62.9 Å². The lowest BCUT2D eigenvalue weighted by atomic mass is 10.2. The monoisotopic (exact) mass is 510 g/mol. The molecule has 4 rings (SSSR count). The number of nitrogens with zero attached hydrogens (tertiary/aromatic N) is 5. The van der Waals surface area contributed by atoms with Gasteiger partial charge in [-0.1, -0.05) is 12.1 Å². The topological polar surface area (TPSA) is 106 Å². The van der Waals surface area contributed by atoms with Crippen molar-refractivity contribution in [3.05, 3.63) is 65.9 Å². The van der Waals surface area contributed by atoms with Gasteiger partial charge in [0.2, 0.25) is 5.95 Å². The lowest BCUT2D eigenvalue weighted by molar-refractivity contribution is 0.313. The highest BCUT2D eigenvalue weighted by molar-refractivity contribution is 7.87. The van der Waals surface area contributed by atoms with Gasteiger partial charge in [-0.25, -0.2) is 4.98 Å². The number of hydrogen-bond donors (Lipinski definition) is 3. The van der Waals surface area contributed by atoms with Crippen LogP contribution in [0.2, 0.25) is 0 Å². The Bertz CT molecular complexity index is 1260. The second-order valence-electron chi connectivity index (χ2n) is 9.12. The maximum atomic E-state index is 11.9. The van der Waals surface area contributed by atoms with Gasteiger partial charge >= 0.3 is 0 Å². The van der Waals surface area contributed by atoms with Crippen LogP contribution in [0, 0.1) is 6.92 Å². The van der Waals surface area contributed by atoms with Crippen molar-refractivity contribution in [1.29, 1.82) is 0 Å². The molecule has 1 saturated heterocycles. The van der Waals surface area contributed by atoms with E-state index in [2.05, 4.69) is 54.3 Å². The molecule has 0 radical (unpaired) electrons. The molecule has 0 spiro atoms. The number of piperazine rings is 1. The van der Waals surface area contributed by atoms with Crippen molar-refractivity contribution in [3.63, 3.8) is 0 Å². The Labute approximate surface area is 213 Å². The fourth-order valence-corrected chi connectivity index (χ4v) is 4.33. The van der Waals surface area contributed by atoms with Crippen molar-refractivity contribution in [2.24, 2.45) is 0 Å². The van der Waals surface area contributed by atoms with Gasteiger partial charge in [-0.15, -0.1) is 0 Å². The number of aryl methyl sites for hydroxylation is 1. The third-order valence-corrected chi connectivity index (χ3v) is 7.59. The van der Waals surface area contributed by atoms with Crippen molar-refractivity contribution in [1.82, 2.24) is 23.9 Å². The van der Waals surface area contributed by atoms with E-state index in [1.54, 1.807) is 6.20 Å². The minimum atomic E-state index is -3.46. The quantitative estimate of drug-likeness (QED) is 0.404. The highest BCUT2D eigenvalue weighted by Crippen LogP contribution is 2.23.